The number of hydrogen-bond donors (Lipinski definition) is 0. The van der Waals surface area contributed by atoms with Crippen molar-refractivity contribution in [2.45, 2.75) is 39.0 Å². The molecule has 0 saturated carbocycles. The summed E-state index contributed by atoms with van der Waals surface area (Å²) in [5.41, 5.74) is 5.42. The summed E-state index contributed by atoms with van der Waals surface area (Å²) >= 11 is 5.87. The Morgan fingerprint density at radius 1 is 1.33 bits per heavy atom. The number of rotatable bonds is 7. The monoisotopic (exact) mass is 311 g/mol. The topological polar surface area (TPSA) is 12.4 Å². The maximum Gasteiger partial charge on any atom is 0.245 e. The normalized spacial score (nSPS) is 12.1. The first-order valence-corrected chi connectivity index (χ1v) is 7.22. The lowest BCUT2D eigenvalue weighted by Gasteiger charge is -2.11. The first kappa shape index (κ1) is 17.6. The number of benzene rings is 1. The van der Waals surface area contributed by atoms with E-state index < -0.39 is 5.92 Å². The van der Waals surface area contributed by atoms with Gasteiger partial charge < -0.3 is 0 Å². The minimum absolute atomic E-state index is 0.143. The average molecular weight is 312 g/mol. The maximum atomic E-state index is 12.9. The van der Waals surface area contributed by atoms with Crippen LogP contribution in [0.15, 0.2) is 47.1 Å². The summed E-state index contributed by atoms with van der Waals surface area (Å²) in [6.07, 6.45) is 0.757. The molecular formula is C17H20ClF2N. The Labute approximate surface area is 130 Å². The molecule has 0 N–H and O–H groups in total. The minimum atomic E-state index is -2.64. The molecule has 0 atom stereocenters. The van der Waals surface area contributed by atoms with Gasteiger partial charge in [0.25, 0.3) is 0 Å². The molecule has 114 valence electrons. The van der Waals surface area contributed by atoms with E-state index in [9.17, 15) is 8.78 Å². The van der Waals surface area contributed by atoms with Crippen molar-refractivity contribution in [1.82, 2.24) is 0 Å². The van der Waals surface area contributed by atoms with Gasteiger partial charge in [-0.3, -0.25) is 4.99 Å². The first-order valence-electron chi connectivity index (χ1n) is 6.84. The van der Waals surface area contributed by atoms with Gasteiger partial charge in [-0.1, -0.05) is 30.3 Å². The predicted molar refractivity (Wildman–Crippen MR) is 85.7 cm³/mol. The highest BCUT2D eigenvalue weighted by molar-refractivity contribution is 6.30. The highest BCUT2D eigenvalue weighted by Crippen LogP contribution is 2.21. The molecule has 0 fully saturated rings. The van der Waals surface area contributed by atoms with E-state index in [0.717, 1.165) is 23.8 Å². The minimum Gasteiger partial charge on any atom is -0.284 e. The van der Waals surface area contributed by atoms with Crippen LogP contribution >= 0.6 is 11.6 Å². The Hall–Kier alpha value is -1.44. The van der Waals surface area contributed by atoms with Crippen LogP contribution in [0.3, 0.4) is 0 Å². The fourth-order valence-electron chi connectivity index (χ4n) is 1.79. The lowest BCUT2D eigenvalue weighted by atomic mass is 10.0. The number of aliphatic imine (C=N–C) groups is 1. The van der Waals surface area contributed by atoms with Gasteiger partial charge in [-0.25, -0.2) is 8.78 Å². The number of hydrogen-bond acceptors (Lipinski definition) is 1. The molecule has 0 bridgehead atoms. The van der Waals surface area contributed by atoms with Crippen molar-refractivity contribution in [2.75, 3.05) is 6.54 Å². The van der Waals surface area contributed by atoms with Crippen LogP contribution in [0.25, 0.3) is 0 Å². The van der Waals surface area contributed by atoms with Crippen LogP contribution in [-0.4, -0.2) is 18.2 Å². The largest absolute Gasteiger partial charge is 0.284 e. The van der Waals surface area contributed by atoms with Crippen molar-refractivity contribution >= 4 is 17.3 Å². The van der Waals surface area contributed by atoms with E-state index in [1.165, 1.54) is 0 Å². The molecule has 0 unspecified atom stereocenters. The van der Waals surface area contributed by atoms with E-state index in [0.29, 0.717) is 24.4 Å². The molecule has 0 amide bonds. The Morgan fingerprint density at radius 3 is 2.48 bits per heavy atom. The molecule has 0 aliphatic heterocycles. The summed E-state index contributed by atoms with van der Waals surface area (Å²) in [6, 6.07) is 7.27. The highest BCUT2D eigenvalue weighted by Gasteiger charge is 2.20. The summed E-state index contributed by atoms with van der Waals surface area (Å²) < 4.78 is 25.8. The zero-order chi connectivity index (χ0) is 15.9. The number of nitrogens with zero attached hydrogens (tertiary/aromatic N) is 1. The molecule has 0 spiro atoms. The van der Waals surface area contributed by atoms with Crippen molar-refractivity contribution in [3.63, 3.8) is 0 Å². The van der Waals surface area contributed by atoms with Gasteiger partial charge >= 0.3 is 0 Å². The molecule has 0 aliphatic rings. The van der Waals surface area contributed by atoms with E-state index >= 15 is 0 Å². The fraction of sp³-hybridized carbons (Fsp3) is 0.412. The number of alkyl halides is 2. The summed E-state index contributed by atoms with van der Waals surface area (Å²) in [7, 11) is 0. The smallest absolute Gasteiger partial charge is 0.245 e. The van der Waals surface area contributed by atoms with Crippen LogP contribution in [0.5, 0.6) is 0 Å². The van der Waals surface area contributed by atoms with Gasteiger partial charge in [0.1, 0.15) is 0 Å². The van der Waals surface area contributed by atoms with E-state index in [1.54, 1.807) is 12.1 Å². The molecule has 0 saturated heterocycles. The summed E-state index contributed by atoms with van der Waals surface area (Å²) in [5.74, 6) is -2.64. The SMILES string of the molecule is C=C=C(C)CN=C(CCCC(C)(F)F)c1ccc(Cl)cc1. The van der Waals surface area contributed by atoms with Crippen LogP contribution in [0.2, 0.25) is 5.02 Å². The van der Waals surface area contributed by atoms with Crippen LogP contribution in [0, 0.1) is 0 Å². The standard InChI is InChI=1S/C17H20ClF2N/c1-4-13(2)12-21-16(6-5-11-17(3,19)20)14-7-9-15(18)10-8-14/h7-10H,1,5-6,11-12H2,2-3H3. The van der Waals surface area contributed by atoms with Gasteiger partial charge in [-0.05, 0) is 50.0 Å². The van der Waals surface area contributed by atoms with Crippen molar-refractivity contribution in [2.24, 2.45) is 4.99 Å². The van der Waals surface area contributed by atoms with Gasteiger partial charge in [0.2, 0.25) is 5.92 Å². The molecule has 0 radical (unpaired) electrons. The second-order valence-corrected chi connectivity index (χ2v) is 5.59. The van der Waals surface area contributed by atoms with Crippen molar-refractivity contribution in [3.05, 3.63) is 52.7 Å². The molecule has 1 rings (SSSR count). The van der Waals surface area contributed by atoms with Gasteiger partial charge in [-0.15, -0.1) is 5.73 Å². The van der Waals surface area contributed by atoms with E-state index in [-0.39, 0.29) is 6.42 Å². The Bertz CT molecular complexity index is 535. The van der Waals surface area contributed by atoms with E-state index in [1.807, 2.05) is 19.1 Å². The average Bonchev–Trinajstić information content (AvgIpc) is 2.42. The Balaban J connectivity index is 2.84. The van der Waals surface area contributed by atoms with Crippen molar-refractivity contribution in [3.8, 4) is 0 Å². The molecule has 0 heterocycles. The highest BCUT2D eigenvalue weighted by atomic mass is 35.5. The molecule has 21 heavy (non-hydrogen) atoms. The molecule has 1 nitrogen and oxygen atoms in total. The quantitative estimate of drug-likeness (QED) is 0.453. The molecular weight excluding hydrogens is 292 g/mol. The predicted octanol–water partition coefficient (Wildman–Crippen LogP) is 5.69. The van der Waals surface area contributed by atoms with Crippen LogP contribution in [-0.2, 0) is 0 Å². The molecule has 1 aromatic carbocycles. The Kier molecular flexibility index (Phi) is 6.80. The molecule has 0 aliphatic carbocycles. The van der Waals surface area contributed by atoms with Crippen molar-refractivity contribution < 1.29 is 8.78 Å². The van der Waals surface area contributed by atoms with Crippen molar-refractivity contribution in [1.29, 1.82) is 0 Å². The first-order chi connectivity index (χ1) is 9.81. The molecule has 4 heteroatoms. The lowest BCUT2D eigenvalue weighted by molar-refractivity contribution is 0.0115. The van der Waals surface area contributed by atoms with Gasteiger partial charge in [0, 0.05) is 17.2 Å². The summed E-state index contributed by atoms with van der Waals surface area (Å²) in [4.78, 5) is 4.50. The number of halogens is 3. The zero-order valence-electron chi connectivity index (χ0n) is 12.4. The second-order valence-electron chi connectivity index (χ2n) is 5.15. The molecule has 1 aromatic rings. The van der Waals surface area contributed by atoms with Crippen LogP contribution in [0.1, 0.15) is 38.7 Å². The maximum absolute atomic E-state index is 12.9. The van der Waals surface area contributed by atoms with E-state index in [2.05, 4.69) is 17.3 Å². The third-order valence-corrected chi connectivity index (χ3v) is 3.27. The summed E-state index contributed by atoms with van der Waals surface area (Å²) in [5, 5.41) is 0.639. The fourth-order valence-corrected chi connectivity index (χ4v) is 1.92. The van der Waals surface area contributed by atoms with Crippen LogP contribution < -0.4 is 0 Å². The van der Waals surface area contributed by atoms with Gasteiger partial charge in [0.05, 0.1) is 6.54 Å². The lowest BCUT2D eigenvalue weighted by Crippen LogP contribution is -2.11. The van der Waals surface area contributed by atoms with E-state index in [4.69, 9.17) is 11.6 Å². The van der Waals surface area contributed by atoms with Gasteiger partial charge in [-0.2, -0.15) is 0 Å². The third kappa shape index (κ3) is 7.22. The van der Waals surface area contributed by atoms with Crippen LogP contribution in [0.4, 0.5) is 8.78 Å². The third-order valence-electron chi connectivity index (χ3n) is 3.02. The Morgan fingerprint density at radius 2 is 1.95 bits per heavy atom. The second kappa shape index (κ2) is 8.11. The summed E-state index contributed by atoms with van der Waals surface area (Å²) in [6.45, 7) is 6.87. The molecule has 0 aromatic heterocycles. The zero-order valence-corrected chi connectivity index (χ0v) is 13.2. The van der Waals surface area contributed by atoms with Gasteiger partial charge in [0.15, 0.2) is 0 Å².